The van der Waals surface area contributed by atoms with Gasteiger partial charge in [0.15, 0.2) is 0 Å². The first-order valence-corrected chi connectivity index (χ1v) is 8.08. The van der Waals surface area contributed by atoms with Crippen molar-refractivity contribution in [2.45, 2.75) is 52.0 Å². The summed E-state index contributed by atoms with van der Waals surface area (Å²) in [6.45, 7) is 9.58. The summed E-state index contributed by atoms with van der Waals surface area (Å²) in [5.74, 6) is -0.101. The van der Waals surface area contributed by atoms with Crippen molar-refractivity contribution in [3.8, 4) is 0 Å². The van der Waals surface area contributed by atoms with Gasteiger partial charge in [0.2, 0.25) is 0 Å². The zero-order chi connectivity index (χ0) is 14.6. The molecule has 0 saturated carbocycles. The number of likely N-dealkylation sites (tertiary alicyclic amines) is 2. The van der Waals surface area contributed by atoms with Crippen molar-refractivity contribution < 1.29 is 9.53 Å². The van der Waals surface area contributed by atoms with E-state index in [-0.39, 0.29) is 5.97 Å². The standard InChI is InChI=1S/C16H30N2O2/c1-16(2,15(19)20-3)13-17-11-7-14(8-12-17)18-9-5-4-6-10-18/h14H,4-13H2,1-3H3. The molecule has 4 heteroatoms. The van der Waals surface area contributed by atoms with Crippen LogP contribution in [0.3, 0.4) is 0 Å². The second-order valence-corrected chi connectivity index (χ2v) is 6.98. The van der Waals surface area contributed by atoms with Crippen molar-refractivity contribution >= 4 is 5.97 Å². The molecule has 0 spiro atoms. The summed E-state index contributed by atoms with van der Waals surface area (Å²) in [5.41, 5.74) is -0.396. The molecule has 0 aliphatic carbocycles. The van der Waals surface area contributed by atoms with E-state index in [0.717, 1.165) is 25.7 Å². The number of rotatable bonds is 4. The number of methoxy groups -OCH3 is 1. The monoisotopic (exact) mass is 282 g/mol. The summed E-state index contributed by atoms with van der Waals surface area (Å²) in [6.07, 6.45) is 6.64. The van der Waals surface area contributed by atoms with Gasteiger partial charge in [-0.25, -0.2) is 0 Å². The Bertz CT molecular complexity index is 316. The second-order valence-electron chi connectivity index (χ2n) is 6.98. The van der Waals surface area contributed by atoms with Crippen LogP contribution in [0.2, 0.25) is 0 Å². The third-order valence-corrected chi connectivity index (χ3v) is 4.82. The molecular weight excluding hydrogens is 252 g/mol. The summed E-state index contributed by atoms with van der Waals surface area (Å²) in [4.78, 5) is 16.9. The van der Waals surface area contributed by atoms with E-state index in [1.807, 2.05) is 13.8 Å². The first-order chi connectivity index (χ1) is 9.53. The Balaban J connectivity index is 1.77. The summed E-state index contributed by atoms with van der Waals surface area (Å²) < 4.78 is 4.90. The van der Waals surface area contributed by atoms with Crippen LogP contribution in [0.1, 0.15) is 46.0 Å². The van der Waals surface area contributed by atoms with E-state index in [4.69, 9.17) is 4.74 Å². The molecule has 0 unspecified atom stereocenters. The van der Waals surface area contributed by atoms with Gasteiger partial charge in [-0.1, -0.05) is 6.42 Å². The molecule has 116 valence electrons. The Morgan fingerprint density at radius 1 is 1.10 bits per heavy atom. The molecule has 20 heavy (non-hydrogen) atoms. The number of ether oxygens (including phenoxy) is 1. The van der Waals surface area contributed by atoms with Gasteiger partial charge >= 0.3 is 5.97 Å². The van der Waals surface area contributed by atoms with E-state index in [1.165, 1.54) is 52.3 Å². The third-order valence-electron chi connectivity index (χ3n) is 4.82. The number of carbonyl (C=O) groups excluding carboxylic acids is 1. The number of nitrogens with zero attached hydrogens (tertiary/aromatic N) is 2. The summed E-state index contributed by atoms with van der Waals surface area (Å²) in [5, 5.41) is 0. The van der Waals surface area contributed by atoms with Gasteiger partial charge in [0.1, 0.15) is 0 Å². The fraction of sp³-hybridized carbons (Fsp3) is 0.938. The molecule has 0 bridgehead atoms. The van der Waals surface area contributed by atoms with Crippen LogP contribution in [-0.2, 0) is 9.53 Å². The molecule has 0 N–H and O–H groups in total. The van der Waals surface area contributed by atoms with Gasteiger partial charge in [0, 0.05) is 12.6 Å². The van der Waals surface area contributed by atoms with Gasteiger partial charge in [-0.15, -0.1) is 0 Å². The molecule has 0 atom stereocenters. The zero-order valence-corrected chi connectivity index (χ0v) is 13.4. The Kier molecular flexibility index (Phi) is 5.44. The van der Waals surface area contributed by atoms with Crippen LogP contribution in [0.5, 0.6) is 0 Å². The molecule has 2 rings (SSSR count). The van der Waals surface area contributed by atoms with Crippen LogP contribution in [0.25, 0.3) is 0 Å². The lowest BCUT2D eigenvalue weighted by atomic mass is 9.91. The number of carbonyl (C=O) groups is 1. The maximum atomic E-state index is 11.8. The molecule has 2 aliphatic rings. The summed E-state index contributed by atoms with van der Waals surface area (Å²) >= 11 is 0. The SMILES string of the molecule is COC(=O)C(C)(C)CN1CCC(N2CCCCC2)CC1. The highest BCUT2D eigenvalue weighted by molar-refractivity contribution is 5.76. The largest absolute Gasteiger partial charge is 0.469 e. The fourth-order valence-corrected chi connectivity index (χ4v) is 3.63. The first kappa shape index (κ1) is 15.8. The number of hydrogen-bond donors (Lipinski definition) is 0. The molecule has 4 nitrogen and oxygen atoms in total. The van der Waals surface area contributed by atoms with Gasteiger partial charge < -0.3 is 14.5 Å². The Labute approximate surface area is 123 Å². The van der Waals surface area contributed by atoms with Crippen molar-refractivity contribution in [2.75, 3.05) is 39.8 Å². The molecule has 0 aromatic heterocycles. The van der Waals surface area contributed by atoms with Gasteiger partial charge in [-0.05, 0) is 65.7 Å². The Hall–Kier alpha value is -0.610. The third kappa shape index (κ3) is 3.95. The van der Waals surface area contributed by atoms with Crippen LogP contribution in [0.4, 0.5) is 0 Å². The number of esters is 1. The lowest BCUT2D eigenvalue weighted by Gasteiger charge is -2.41. The van der Waals surface area contributed by atoms with Crippen LogP contribution in [0.15, 0.2) is 0 Å². The van der Waals surface area contributed by atoms with Crippen LogP contribution < -0.4 is 0 Å². The van der Waals surface area contributed by atoms with Crippen molar-refractivity contribution in [3.05, 3.63) is 0 Å². The number of piperidine rings is 2. The van der Waals surface area contributed by atoms with E-state index >= 15 is 0 Å². The van der Waals surface area contributed by atoms with Crippen molar-refractivity contribution in [2.24, 2.45) is 5.41 Å². The molecule has 2 fully saturated rings. The first-order valence-electron chi connectivity index (χ1n) is 8.08. The second kappa shape index (κ2) is 6.90. The lowest BCUT2D eigenvalue weighted by Crippen LogP contribution is -2.49. The average molecular weight is 282 g/mol. The van der Waals surface area contributed by atoms with Crippen LogP contribution >= 0.6 is 0 Å². The predicted octanol–water partition coefficient (Wildman–Crippen LogP) is 2.14. The average Bonchev–Trinajstić information content (AvgIpc) is 2.47. The van der Waals surface area contributed by atoms with E-state index in [1.54, 1.807) is 0 Å². The maximum absolute atomic E-state index is 11.8. The topological polar surface area (TPSA) is 32.8 Å². The molecular formula is C16H30N2O2. The highest BCUT2D eigenvalue weighted by Crippen LogP contribution is 2.24. The van der Waals surface area contributed by atoms with Gasteiger partial charge in [0.25, 0.3) is 0 Å². The number of hydrogen-bond acceptors (Lipinski definition) is 4. The summed E-state index contributed by atoms with van der Waals surface area (Å²) in [7, 11) is 1.48. The Morgan fingerprint density at radius 2 is 1.70 bits per heavy atom. The molecule has 2 saturated heterocycles. The molecule has 0 radical (unpaired) electrons. The molecule has 0 amide bonds. The normalized spacial score (nSPS) is 23.8. The minimum atomic E-state index is -0.396. The minimum Gasteiger partial charge on any atom is -0.469 e. The van der Waals surface area contributed by atoms with Crippen molar-refractivity contribution in [1.82, 2.24) is 9.80 Å². The molecule has 2 aliphatic heterocycles. The highest BCUT2D eigenvalue weighted by atomic mass is 16.5. The lowest BCUT2D eigenvalue weighted by molar-refractivity contribution is -0.152. The van der Waals surface area contributed by atoms with E-state index < -0.39 is 5.41 Å². The van der Waals surface area contributed by atoms with Crippen molar-refractivity contribution in [3.63, 3.8) is 0 Å². The van der Waals surface area contributed by atoms with Crippen LogP contribution in [-0.4, -0.2) is 61.6 Å². The molecule has 0 aromatic rings. The fourth-order valence-electron chi connectivity index (χ4n) is 3.63. The van der Waals surface area contributed by atoms with E-state index in [9.17, 15) is 4.79 Å². The zero-order valence-electron chi connectivity index (χ0n) is 13.4. The molecule has 0 aromatic carbocycles. The minimum absolute atomic E-state index is 0.101. The smallest absolute Gasteiger partial charge is 0.312 e. The van der Waals surface area contributed by atoms with Gasteiger partial charge in [-0.3, -0.25) is 4.79 Å². The molecule has 2 heterocycles. The van der Waals surface area contributed by atoms with Gasteiger partial charge in [-0.2, -0.15) is 0 Å². The van der Waals surface area contributed by atoms with E-state index in [0.29, 0.717) is 0 Å². The maximum Gasteiger partial charge on any atom is 0.312 e. The van der Waals surface area contributed by atoms with Crippen LogP contribution in [0, 0.1) is 5.41 Å². The highest BCUT2D eigenvalue weighted by Gasteiger charge is 2.33. The summed E-state index contributed by atoms with van der Waals surface area (Å²) in [6, 6.07) is 0.771. The van der Waals surface area contributed by atoms with Crippen molar-refractivity contribution in [1.29, 1.82) is 0 Å². The van der Waals surface area contributed by atoms with Gasteiger partial charge in [0.05, 0.1) is 12.5 Å². The quantitative estimate of drug-likeness (QED) is 0.740. The predicted molar refractivity (Wildman–Crippen MR) is 80.7 cm³/mol. The van der Waals surface area contributed by atoms with E-state index in [2.05, 4.69) is 9.80 Å². The Morgan fingerprint density at radius 3 is 2.25 bits per heavy atom.